The topological polar surface area (TPSA) is 18.5 Å². The zero-order valence-corrected chi connectivity index (χ0v) is 8.85. The number of hydrogen-bond acceptors (Lipinski definition) is 2. The summed E-state index contributed by atoms with van der Waals surface area (Å²) >= 11 is 9.12. The molecule has 0 aliphatic carbocycles. The minimum atomic E-state index is 0.221. The van der Waals surface area contributed by atoms with Crippen LogP contribution in [0.4, 0.5) is 0 Å². The molecule has 0 saturated heterocycles. The Balaban J connectivity index is 2.78. The summed E-state index contributed by atoms with van der Waals surface area (Å²) in [4.78, 5) is 0. The second kappa shape index (κ2) is 4.70. The van der Waals surface area contributed by atoms with Crippen LogP contribution in [0, 0.1) is 0 Å². The zero-order valence-electron chi connectivity index (χ0n) is 6.51. The highest BCUT2D eigenvalue weighted by atomic mass is 79.9. The molecule has 0 radical (unpaired) electrons. The summed E-state index contributed by atoms with van der Waals surface area (Å²) in [7, 11) is 1.57. The van der Waals surface area contributed by atoms with Crippen LogP contribution in [0.5, 0.6) is 5.75 Å². The van der Waals surface area contributed by atoms with Crippen LogP contribution in [0.2, 0.25) is 5.02 Å². The summed E-state index contributed by atoms with van der Waals surface area (Å²) in [6.45, 7) is 0.221. The SMILES string of the molecule is COCOc1cccc(Cl)c1Br. The Morgan fingerprint density at radius 2 is 2.25 bits per heavy atom. The Morgan fingerprint density at radius 3 is 2.92 bits per heavy atom. The molecule has 0 heterocycles. The van der Waals surface area contributed by atoms with E-state index >= 15 is 0 Å². The van der Waals surface area contributed by atoms with Crippen molar-refractivity contribution in [1.82, 2.24) is 0 Å². The van der Waals surface area contributed by atoms with E-state index < -0.39 is 0 Å². The Bertz CT molecular complexity index is 265. The monoisotopic (exact) mass is 250 g/mol. The molecule has 1 aromatic carbocycles. The first-order valence-electron chi connectivity index (χ1n) is 3.31. The molecule has 0 spiro atoms. The summed E-state index contributed by atoms with van der Waals surface area (Å²) < 4.78 is 10.7. The van der Waals surface area contributed by atoms with Gasteiger partial charge in [0.1, 0.15) is 5.75 Å². The van der Waals surface area contributed by atoms with Crippen molar-refractivity contribution >= 4 is 27.5 Å². The molecule has 0 amide bonds. The Hall–Kier alpha value is -0.250. The van der Waals surface area contributed by atoms with Crippen molar-refractivity contribution in [1.29, 1.82) is 0 Å². The lowest BCUT2D eigenvalue weighted by Crippen LogP contribution is -1.99. The van der Waals surface area contributed by atoms with Gasteiger partial charge in [0, 0.05) is 7.11 Å². The average Bonchev–Trinajstić information content (AvgIpc) is 2.08. The van der Waals surface area contributed by atoms with Gasteiger partial charge in [-0.2, -0.15) is 0 Å². The highest BCUT2D eigenvalue weighted by Crippen LogP contribution is 2.31. The number of halogens is 2. The largest absolute Gasteiger partial charge is 0.466 e. The molecule has 4 heteroatoms. The molecular formula is C8H8BrClO2. The molecule has 1 rings (SSSR count). The van der Waals surface area contributed by atoms with Crippen LogP contribution in [0.3, 0.4) is 0 Å². The van der Waals surface area contributed by atoms with Crippen molar-refractivity contribution in [2.45, 2.75) is 0 Å². The maximum atomic E-state index is 5.83. The number of hydrogen-bond donors (Lipinski definition) is 0. The summed E-state index contributed by atoms with van der Waals surface area (Å²) in [6, 6.07) is 5.42. The number of methoxy groups -OCH3 is 1. The lowest BCUT2D eigenvalue weighted by atomic mass is 10.3. The molecule has 0 fully saturated rings. The fourth-order valence-corrected chi connectivity index (χ4v) is 1.26. The van der Waals surface area contributed by atoms with E-state index in [1.807, 2.05) is 12.1 Å². The third-order valence-electron chi connectivity index (χ3n) is 1.25. The van der Waals surface area contributed by atoms with Gasteiger partial charge in [-0.1, -0.05) is 17.7 Å². The third kappa shape index (κ3) is 2.37. The maximum absolute atomic E-state index is 5.83. The normalized spacial score (nSPS) is 9.92. The first-order chi connectivity index (χ1) is 5.75. The molecule has 0 atom stereocenters. The quantitative estimate of drug-likeness (QED) is 0.769. The predicted octanol–water partition coefficient (Wildman–Crippen LogP) is 3.09. The smallest absolute Gasteiger partial charge is 0.188 e. The minimum absolute atomic E-state index is 0.221. The van der Waals surface area contributed by atoms with Crippen LogP contribution in [0.1, 0.15) is 0 Å². The summed E-state index contributed by atoms with van der Waals surface area (Å²) in [6.07, 6.45) is 0. The average molecular weight is 252 g/mol. The van der Waals surface area contributed by atoms with Gasteiger partial charge in [0.15, 0.2) is 6.79 Å². The van der Waals surface area contributed by atoms with Gasteiger partial charge in [-0.3, -0.25) is 0 Å². The van der Waals surface area contributed by atoms with Crippen molar-refractivity contribution in [3.8, 4) is 5.75 Å². The summed E-state index contributed by atoms with van der Waals surface area (Å²) in [5.74, 6) is 0.685. The van der Waals surface area contributed by atoms with Crippen molar-refractivity contribution in [3.05, 3.63) is 27.7 Å². The van der Waals surface area contributed by atoms with E-state index in [4.69, 9.17) is 21.1 Å². The standard InChI is InChI=1S/C8H8BrClO2/c1-11-5-12-7-4-2-3-6(10)8(7)9/h2-4H,5H2,1H3. The molecule has 0 aliphatic heterocycles. The summed E-state index contributed by atoms with van der Waals surface area (Å²) in [5, 5.41) is 0.628. The first-order valence-corrected chi connectivity index (χ1v) is 4.48. The van der Waals surface area contributed by atoms with E-state index in [0.29, 0.717) is 10.8 Å². The molecule has 2 nitrogen and oxygen atoms in total. The van der Waals surface area contributed by atoms with Crippen molar-refractivity contribution < 1.29 is 9.47 Å². The molecule has 0 aliphatic rings. The van der Waals surface area contributed by atoms with Gasteiger partial charge < -0.3 is 9.47 Å². The Labute approximate surface area is 84.6 Å². The van der Waals surface area contributed by atoms with Crippen LogP contribution in [-0.2, 0) is 4.74 Å². The molecular weight excluding hydrogens is 243 g/mol. The highest BCUT2D eigenvalue weighted by molar-refractivity contribution is 9.10. The molecule has 66 valence electrons. The van der Waals surface area contributed by atoms with Gasteiger partial charge in [0.25, 0.3) is 0 Å². The number of ether oxygens (including phenoxy) is 2. The molecule has 0 aromatic heterocycles. The first kappa shape index (κ1) is 9.84. The summed E-state index contributed by atoms with van der Waals surface area (Å²) in [5.41, 5.74) is 0. The Morgan fingerprint density at radius 1 is 1.50 bits per heavy atom. The van der Waals surface area contributed by atoms with Gasteiger partial charge >= 0.3 is 0 Å². The fraction of sp³-hybridized carbons (Fsp3) is 0.250. The van der Waals surface area contributed by atoms with Crippen molar-refractivity contribution in [2.24, 2.45) is 0 Å². The molecule has 0 bridgehead atoms. The zero-order chi connectivity index (χ0) is 8.97. The van der Waals surface area contributed by atoms with E-state index in [9.17, 15) is 0 Å². The third-order valence-corrected chi connectivity index (χ3v) is 2.61. The van der Waals surface area contributed by atoms with E-state index in [1.54, 1.807) is 13.2 Å². The second-order valence-electron chi connectivity index (χ2n) is 2.10. The highest BCUT2D eigenvalue weighted by Gasteiger charge is 2.03. The molecule has 0 saturated carbocycles. The van der Waals surface area contributed by atoms with Gasteiger partial charge in [-0.25, -0.2) is 0 Å². The second-order valence-corrected chi connectivity index (χ2v) is 3.30. The van der Waals surface area contributed by atoms with Crippen molar-refractivity contribution in [2.75, 3.05) is 13.9 Å². The van der Waals surface area contributed by atoms with Gasteiger partial charge in [-0.05, 0) is 28.1 Å². The lowest BCUT2D eigenvalue weighted by Gasteiger charge is -2.06. The van der Waals surface area contributed by atoms with Crippen LogP contribution >= 0.6 is 27.5 Å². The maximum Gasteiger partial charge on any atom is 0.188 e. The van der Waals surface area contributed by atoms with Crippen LogP contribution in [0.15, 0.2) is 22.7 Å². The molecule has 0 unspecified atom stereocenters. The van der Waals surface area contributed by atoms with E-state index in [0.717, 1.165) is 4.47 Å². The number of benzene rings is 1. The van der Waals surface area contributed by atoms with Crippen molar-refractivity contribution in [3.63, 3.8) is 0 Å². The predicted molar refractivity (Wildman–Crippen MR) is 51.7 cm³/mol. The lowest BCUT2D eigenvalue weighted by molar-refractivity contribution is 0.0506. The van der Waals surface area contributed by atoms with Crippen LogP contribution < -0.4 is 4.74 Å². The van der Waals surface area contributed by atoms with Crippen LogP contribution in [-0.4, -0.2) is 13.9 Å². The van der Waals surface area contributed by atoms with Gasteiger partial charge in [0.2, 0.25) is 0 Å². The van der Waals surface area contributed by atoms with Crippen LogP contribution in [0.25, 0.3) is 0 Å². The van der Waals surface area contributed by atoms with Gasteiger partial charge in [0.05, 0.1) is 9.50 Å². The molecule has 1 aromatic rings. The number of rotatable bonds is 3. The van der Waals surface area contributed by atoms with Gasteiger partial charge in [-0.15, -0.1) is 0 Å². The minimum Gasteiger partial charge on any atom is -0.466 e. The van der Waals surface area contributed by atoms with E-state index in [2.05, 4.69) is 15.9 Å². The Kier molecular flexibility index (Phi) is 3.85. The molecule has 12 heavy (non-hydrogen) atoms. The fourth-order valence-electron chi connectivity index (χ4n) is 0.718. The van der Waals surface area contributed by atoms with E-state index in [1.165, 1.54) is 0 Å². The van der Waals surface area contributed by atoms with E-state index in [-0.39, 0.29) is 6.79 Å². The molecule has 0 N–H and O–H groups in total.